The van der Waals surface area contributed by atoms with Crippen LogP contribution in [0.3, 0.4) is 0 Å². The van der Waals surface area contributed by atoms with E-state index in [1.807, 2.05) is 13.0 Å². The van der Waals surface area contributed by atoms with E-state index >= 15 is 0 Å². The van der Waals surface area contributed by atoms with Crippen LogP contribution < -0.4 is 5.32 Å². The number of pyridine rings is 1. The van der Waals surface area contributed by atoms with Gasteiger partial charge in [-0.1, -0.05) is 0 Å². The van der Waals surface area contributed by atoms with Crippen molar-refractivity contribution in [3.05, 3.63) is 23.4 Å². The summed E-state index contributed by atoms with van der Waals surface area (Å²) in [6, 6.07) is 4.49. The molecule has 0 aromatic carbocycles. The topological polar surface area (TPSA) is 48.7 Å². The zero-order valence-corrected chi connectivity index (χ0v) is 9.12. The Morgan fingerprint density at radius 1 is 1.60 bits per heavy atom. The Morgan fingerprint density at radius 3 is 2.93 bits per heavy atom. The number of nitriles is 1. The Morgan fingerprint density at radius 2 is 2.33 bits per heavy atom. The molecule has 0 bridgehead atoms. The van der Waals surface area contributed by atoms with Crippen molar-refractivity contribution >= 4 is 5.82 Å². The van der Waals surface area contributed by atoms with E-state index in [0.717, 1.165) is 17.3 Å². The molecule has 3 nitrogen and oxygen atoms in total. The number of hydrogen-bond donors (Lipinski definition) is 1. The molecule has 1 aromatic heterocycles. The largest absolute Gasteiger partial charge is 0.366 e. The number of aromatic nitrogens is 1. The summed E-state index contributed by atoms with van der Waals surface area (Å²) < 4.78 is 0. The van der Waals surface area contributed by atoms with Crippen LogP contribution in [0.5, 0.6) is 0 Å². The van der Waals surface area contributed by atoms with E-state index in [1.54, 1.807) is 6.20 Å². The first-order valence-electron chi connectivity index (χ1n) is 5.34. The highest BCUT2D eigenvalue weighted by molar-refractivity contribution is 5.55. The first-order valence-corrected chi connectivity index (χ1v) is 5.34. The smallest absolute Gasteiger partial charge is 0.144 e. The first kappa shape index (κ1) is 9.97. The Hall–Kier alpha value is -1.56. The molecule has 78 valence electrons. The fourth-order valence-corrected chi connectivity index (χ4v) is 1.74. The van der Waals surface area contributed by atoms with Crippen LogP contribution in [0.15, 0.2) is 12.3 Å². The van der Waals surface area contributed by atoms with Gasteiger partial charge in [0.05, 0.1) is 5.56 Å². The van der Waals surface area contributed by atoms with Crippen LogP contribution in [0.2, 0.25) is 0 Å². The molecule has 3 heteroatoms. The summed E-state index contributed by atoms with van der Waals surface area (Å²) in [6.07, 6.45) is 4.34. The Balaban J connectivity index is 2.20. The zero-order valence-electron chi connectivity index (χ0n) is 9.12. The lowest BCUT2D eigenvalue weighted by molar-refractivity contribution is 0.690. The molecule has 1 saturated carbocycles. The standard InChI is InChI=1S/C12H15N3/c1-8-5-6-14-12(11(8)7-13)15-9(2)10-3-4-10/h5-6,9-10H,3-4H2,1-2H3,(H,14,15). The molecular weight excluding hydrogens is 186 g/mol. The van der Waals surface area contributed by atoms with Crippen LogP contribution in [0.1, 0.15) is 30.9 Å². The minimum absolute atomic E-state index is 0.423. The molecule has 2 rings (SSSR count). The van der Waals surface area contributed by atoms with Crippen molar-refractivity contribution in [2.24, 2.45) is 5.92 Å². The first-order chi connectivity index (χ1) is 7.22. The molecule has 0 spiro atoms. The molecule has 1 N–H and O–H groups in total. The molecular formula is C12H15N3. The van der Waals surface area contributed by atoms with Gasteiger partial charge < -0.3 is 5.32 Å². The number of nitrogens with one attached hydrogen (secondary N) is 1. The second-order valence-corrected chi connectivity index (χ2v) is 4.23. The number of anilines is 1. The third-order valence-electron chi connectivity index (χ3n) is 2.96. The number of aryl methyl sites for hydroxylation is 1. The molecule has 1 heterocycles. The van der Waals surface area contributed by atoms with E-state index in [2.05, 4.69) is 23.3 Å². The van der Waals surface area contributed by atoms with Crippen molar-refractivity contribution in [2.45, 2.75) is 32.7 Å². The van der Waals surface area contributed by atoms with Gasteiger partial charge in [0.1, 0.15) is 11.9 Å². The Kier molecular flexibility index (Phi) is 2.59. The summed E-state index contributed by atoms with van der Waals surface area (Å²) in [5.41, 5.74) is 1.66. The van der Waals surface area contributed by atoms with Crippen LogP contribution in [0, 0.1) is 24.2 Å². The number of rotatable bonds is 3. The van der Waals surface area contributed by atoms with E-state index in [-0.39, 0.29) is 0 Å². The highest BCUT2D eigenvalue weighted by Crippen LogP contribution is 2.34. The molecule has 1 aliphatic carbocycles. The summed E-state index contributed by atoms with van der Waals surface area (Å²) in [5, 5.41) is 12.4. The molecule has 0 aliphatic heterocycles. The van der Waals surface area contributed by atoms with Crippen molar-refractivity contribution in [3.8, 4) is 6.07 Å². The molecule has 1 fully saturated rings. The van der Waals surface area contributed by atoms with Gasteiger partial charge in [0.2, 0.25) is 0 Å². The quantitative estimate of drug-likeness (QED) is 0.817. The van der Waals surface area contributed by atoms with Gasteiger partial charge in [-0.25, -0.2) is 4.98 Å². The Bertz CT molecular complexity index is 402. The fraction of sp³-hybridized carbons (Fsp3) is 0.500. The second kappa shape index (κ2) is 3.90. The molecule has 0 amide bonds. The molecule has 15 heavy (non-hydrogen) atoms. The van der Waals surface area contributed by atoms with Gasteiger partial charge in [-0.15, -0.1) is 0 Å². The van der Waals surface area contributed by atoms with Gasteiger partial charge in [0.15, 0.2) is 0 Å². The summed E-state index contributed by atoms with van der Waals surface area (Å²) in [6.45, 7) is 4.09. The minimum Gasteiger partial charge on any atom is -0.366 e. The van der Waals surface area contributed by atoms with E-state index < -0.39 is 0 Å². The van der Waals surface area contributed by atoms with Gasteiger partial charge in [-0.2, -0.15) is 5.26 Å². The minimum atomic E-state index is 0.423. The van der Waals surface area contributed by atoms with Crippen molar-refractivity contribution in [2.75, 3.05) is 5.32 Å². The third-order valence-corrected chi connectivity index (χ3v) is 2.96. The molecule has 1 unspecified atom stereocenters. The van der Waals surface area contributed by atoms with E-state index in [1.165, 1.54) is 12.8 Å². The predicted octanol–water partition coefficient (Wildman–Crippen LogP) is 2.47. The van der Waals surface area contributed by atoms with Crippen LogP contribution in [0.25, 0.3) is 0 Å². The van der Waals surface area contributed by atoms with Crippen molar-refractivity contribution in [1.82, 2.24) is 4.98 Å². The lowest BCUT2D eigenvalue weighted by Gasteiger charge is -2.14. The van der Waals surface area contributed by atoms with Crippen molar-refractivity contribution in [3.63, 3.8) is 0 Å². The van der Waals surface area contributed by atoms with Gasteiger partial charge in [-0.05, 0) is 44.2 Å². The molecule has 1 atom stereocenters. The molecule has 0 radical (unpaired) electrons. The van der Waals surface area contributed by atoms with Crippen LogP contribution in [-0.4, -0.2) is 11.0 Å². The predicted molar refractivity (Wildman–Crippen MR) is 59.5 cm³/mol. The van der Waals surface area contributed by atoms with Crippen LogP contribution >= 0.6 is 0 Å². The number of nitrogens with zero attached hydrogens (tertiary/aromatic N) is 2. The average molecular weight is 201 g/mol. The van der Waals surface area contributed by atoms with Crippen molar-refractivity contribution < 1.29 is 0 Å². The highest BCUT2D eigenvalue weighted by atomic mass is 15.0. The number of hydrogen-bond acceptors (Lipinski definition) is 3. The normalized spacial score (nSPS) is 16.9. The van der Waals surface area contributed by atoms with Crippen LogP contribution in [-0.2, 0) is 0 Å². The molecule has 1 aromatic rings. The molecule has 1 aliphatic rings. The SMILES string of the molecule is Cc1ccnc(NC(C)C2CC2)c1C#N. The zero-order chi connectivity index (χ0) is 10.8. The average Bonchev–Trinajstić information content (AvgIpc) is 3.01. The lowest BCUT2D eigenvalue weighted by Crippen LogP contribution is -2.19. The van der Waals surface area contributed by atoms with Crippen molar-refractivity contribution in [1.29, 1.82) is 5.26 Å². The van der Waals surface area contributed by atoms with Gasteiger partial charge >= 0.3 is 0 Å². The van der Waals surface area contributed by atoms with E-state index in [4.69, 9.17) is 5.26 Å². The maximum atomic E-state index is 9.04. The van der Waals surface area contributed by atoms with Gasteiger partial charge in [0, 0.05) is 12.2 Å². The monoisotopic (exact) mass is 201 g/mol. The summed E-state index contributed by atoms with van der Waals surface area (Å²) >= 11 is 0. The second-order valence-electron chi connectivity index (χ2n) is 4.23. The van der Waals surface area contributed by atoms with E-state index in [9.17, 15) is 0 Å². The van der Waals surface area contributed by atoms with Gasteiger partial charge in [-0.3, -0.25) is 0 Å². The lowest BCUT2D eigenvalue weighted by atomic mass is 10.1. The fourth-order valence-electron chi connectivity index (χ4n) is 1.74. The van der Waals surface area contributed by atoms with Gasteiger partial charge in [0.25, 0.3) is 0 Å². The van der Waals surface area contributed by atoms with Crippen LogP contribution in [0.4, 0.5) is 5.82 Å². The third kappa shape index (κ3) is 2.10. The maximum absolute atomic E-state index is 9.04. The summed E-state index contributed by atoms with van der Waals surface area (Å²) in [4.78, 5) is 4.23. The maximum Gasteiger partial charge on any atom is 0.144 e. The Labute approximate surface area is 90.1 Å². The molecule has 0 saturated heterocycles. The van der Waals surface area contributed by atoms with E-state index in [0.29, 0.717) is 11.6 Å². The highest BCUT2D eigenvalue weighted by Gasteiger charge is 2.28. The summed E-state index contributed by atoms with van der Waals surface area (Å²) in [5.74, 6) is 1.50. The summed E-state index contributed by atoms with van der Waals surface area (Å²) in [7, 11) is 0.